The third kappa shape index (κ3) is 4.90. The number of hydrogen-bond acceptors (Lipinski definition) is 6. The third-order valence-corrected chi connectivity index (χ3v) is 7.29. The van der Waals surface area contributed by atoms with Crippen LogP contribution in [0, 0.1) is 5.92 Å². The minimum absolute atomic E-state index is 0.117. The summed E-state index contributed by atoms with van der Waals surface area (Å²) in [5.41, 5.74) is 0.557. The summed E-state index contributed by atoms with van der Waals surface area (Å²) in [6, 6.07) is 15.3. The van der Waals surface area contributed by atoms with E-state index < -0.39 is 22.0 Å². The maximum Gasteiger partial charge on any atom is 0.241 e. The summed E-state index contributed by atoms with van der Waals surface area (Å²) in [6.45, 7) is 3.71. The monoisotopic (exact) mass is 469 g/mol. The Labute approximate surface area is 190 Å². The normalized spacial score (nSPS) is 12.8. The molecule has 4 rings (SSSR count). The smallest absolute Gasteiger partial charge is 0.241 e. The highest BCUT2D eigenvalue weighted by atomic mass is 32.2. The molecule has 0 fully saturated rings. The van der Waals surface area contributed by atoms with Gasteiger partial charge in [0.15, 0.2) is 0 Å². The van der Waals surface area contributed by atoms with Gasteiger partial charge in [-0.15, -0.1) is 11.3 Å². The van der Waals surface area contributed by atoms with Crippen LogP contribution in [0.1, 0.15) is 19.5 Å². The van der Waals surface area contributed by atoms with Gasteiger partial charge in [0.25, 0.3) is 0 Å². The van der Waals surface area contributed by atoms with Crippen LogP contribution in [0.4, 0.5) is 0 Å². The predicted octanol–water partition coefficient (Wildman–Crippen LogP) is 4.18. The lowest BCUT2D eigenvalue weighted by molar-refractivity contribution is -0.123. The number of amides is 1. The van der Waals surface area contributed by atoms with Crippen molar-refractivity contribution in [1.82, 2.24) is 15.0 Å². The van der Waals surface area contributed by atoms with Crippen molar-refractivity contribution in [2.24, 2.45) is 5.92 Å². The fourth-order valence-corrected chi connectivity index (χ4v) is 5.29. The van der Waals surface area contributed by atoms with Crippen LogP contribution < -0.4 is 10.0 Å². The Bertz CT molecular complexity index is 1330. The first kappa shape index (κ1) is 22.2. The van der Waals surface area contributed by atoms with E-state index in [9.17, 15) is 13.2 Å². The molecule has 166 valence electrons. The number of oxazole rings is 1. The number of nitrogens with one attached hydrogen (secondary N) is 2. The van der Waals surface area contributed by atoms with E-state index in [0.29, 0.717) is 11.6 Å². The molecule has 1 unspecified atom stereocenters. The summed E-state index contributed by atoms with van der Waals surface area (Å²) < 4.78 is 34.0. The fraction of sp³-hybridized carbons (Fsp3) is 0.217. The summed E-state index contributed by atoms with van der Waals surface area (Å²) >= 11 is 1.51. The molecule has 32 heavy (non-hydrogen) atoms. The number of aromatic nitrogens is 1. The van der Waals surface area contributed by atoms with Gasteiger partial charge in [-0.25, -0.2) is 13.4 Å². The van der Waals surface area contributed by atoms with Crippen molar-refractivity contribution in [3.8, 4) is 10.8 Å². The van der Waals surface area contributed by atoms with Gasteiger partial charge in [-0.3, -0.25) is 4.79 Å². The molecule has 0 saturated heterocycles. The van der Waals surface area contributed by atoms with E-state index in [0.717, 1.165) is 15.6 Å². The van der Waals surface area contributed by atoms with Crippen LogP contribution in [-0.4, -0.2) is 25.4 Å². The first-order chi connectivity index (χ1) is 15.3. The van der Waals surface area contributed by atoms with Crippen molar-refractivity contribution in [3.05, 3.63) is 71.9 Å². The number of sulfonamides is 1. The van der Waals surface area contributed by atoms with Gasteiger partial charge in [0.2, 0.25) is 21.8 Å². The van der Waals surface area contributed by atoms with Gasteiger partial charge in [-0.05, 0) is 40.3 Å². The highest BCUT2D eigenvalue weighted by Gasteiger charge is 2.28. The molecule has 0 saturated carbocycles. The molecule has 0 bridgehead atoms. The lowest BCUT2D eigenvalue weighted by Gasteiger charge is -2.21. The van der Waals surface area contributed by atoms with Gasteiger partial charge < -0.3 is 9.73 Å². The number of benzene rings is 2. The van der Waals surface area contributed by atoms with Gasteiger partial charge in [0.1, 0.15) is 12.3 Å². The van der Waals surface area contributed by atoms with Crippen molar-refractivity contribution >= 4 is 38.0 Å². The maximum atomic E-state index is 13.0. The minimum Gasteiger partial charge on any atom is -0.443 e. The molecular formula is C23H23N3O4S2. The average Bonchev–Trinajstić information content (AvgIpc) is 3.47. The number of hydrogen-bond donors (Lipinski definition) is 2. The highest BCUT2D eigenvalue weighted by molar-refractivity contribution is 7.89. The minimum atomic E-state index is -3.89. The fourth-order valence-electron chi connectivity index (χ4n) is 3.25. The molecule has 4 aromatic rings. The summed E-state index contributed by atoms with van der Waals surface area (Å²) in [6.07, 6.45) is 1.49. The Balaban J connectivity index is 1.45. The van der Waals surface area contributed by atoms with Crippen LogP contribution in [0.5, 0.6) is 0 Å². The molecule has 2 aromatic carbocycles. The molecule has 2 N–H and O–H groups in total. The van der Waals surface area contributed by atoms with Gasteiger partial charge in [0, 0.05) is 0 Å². The van der Waals surface area contributed by atoms with E-state index in [1.54, 1.807) is 32.0 Å². The zero-order valence-corrected chi connectivity index (χ0v) is 19.2. The molecular weight excluding hydrogens is 446 g/mol. The zero-order chi connectivity index (χ0) is 22.7. The lowest BCUT2D eigenvalue weighted by Crippen LogP contribution is -2.49. The third-order valence-electron chi connectivity index (χ3n) is 4.99. The standard InChI is InChI=1S/C23H23N3O4S2/c1-15(2)21(22(27)24-13-18-14-30-23(25-18)20-8-5-11-31-20)26-32(28,29)19-10-9-16-6-3-4-7-17(16)12-19/h3-12,14-15,21,26H,13H2,1-2H3,(H,24,27). The number of thiophene rings is 1. The lowest BCUT2D eigenvalue weighted by atomic mass is 10.1. The second-order valence-electron chi connectivity index (χ2n) is 7.69. The van der Waals surface area contributed by atoms with Crippen molar-refractivity contribution in [2.75, 3.05) is 0 Å². The second-order valence-corrected chi connectivity index (χ2v) is 10.4. The van der Waals surface area contributed by atoms with E-state index in [1.807, 2.05) is 41.8 Å². The predicted molar refractivity (Wildman–Crippen MR) is 125 cm³/mol. The molecule has 1 atom stereocenters. The summed E-state index contributed by atoms with van der Waals surface area (Å²) in [5, 5.41) is 6.44. The van der Waals surface area contributed by atoms with Crippen molar-refractivity contribution in [3.63, 3.8) is 0 Å². The van der Waals surface area contributed by atoms with E-state index >= 15 is 0 Å². The second kappa shape index (κ2) is 9.23. The molecule has 9 heteroatoms. The molecule has 0 radical (unpaired) electrons. The van der Waals surface area contributed by atoms with E-state index in [2.05, 4.69) is 15.0 Å². The SMILES string of the molecule is CC(C)C(NS(=O)(=O)c1ccc2ccccc2c1)C(=O)NCc1coc(-c2cccs2)n1. The van der Waals surface area contributed by atoms with E-state index in [1.165, 1.54) is 17.6 Å². The number of carbonyl (C=O) groups is 1. The summed E-state index contributed by atoms with van der Waals surface area (Å²) in [7, 11) is -3.89. The van der Waals surface area contributed by atoms with Crippen LogP contribution in [0.2, 0.25) is 0 Å². The number of fused-ring (bicyclic) bond motifs is 1. The van der Waals surface area contributed by atoms with E-state index in [4.69, 9.17) is 4.42 Å². The summed E-state index contributed by atoms with van der Waals surface area (Å²) in [5.74, 6) is -0.198. The first-order valence-electron chi connectivity index (χ1n) is 10.1. The van der Waals surface area contributed by atoms with Crippen LogP contribution in [0.3, 0.4) is 0 Å². The van der Waals surface area contributed by atoms with Gasteiger partial charge >= 0.3 is 0 Å². The number of rotatable bonds is 8. The molecule has 0 aliphatic heterocycles. The Morgan fingerprint density at radius 3 is 2.59 bits per heavy atom. The Hall–Kier alpha value is -3.01. The van der Waals surface area contributed by atoms with E-state index in [-0.39, 0.29) is 17.4 Å². The molecule has 2 heterocycles. The highest BCUT2D eigenvalue weighted by Crippen LogP contribution is 2.24. The Kier molecular flexibility index (Phi) is 6.40. The van der Waals surface area contributed by atoms with Crippen LogP contribution in [0.25, 0.3) is 21.5 Å². The van der Waals surface area contributed by atoms with Gasteiger partial charge in [-0.1, -0.05) is 50.2 Å². The van der Waals surface area contributed by atoms with Crippen molar-refractivity contribution in [1.29, 1.82) is 0 Å². The average molecular weight is 470 g/mol. The quantitative estimate of drug-likeness (QED) is 0.403. The molecule has 2 aromatic heterocycles. The molecule has 0 aliphatic rings. The number of nitrogens with zero attached hydrogens (tertiary/aromatic N) is 1. The van der Waals surface area contributed by atoms with Crippen LogP contribution >= 0.6 is 11.3 Å². The summed E-state index contributed by atoms with van der Waals surface area (Å²) in [4.78, 5) is 18.2. The Morgan fingerprint density at radius 2 is 1.88 bits per heavy atom. The van der Waals surface area contributed by atoms with Crippen molar-refractivity contribution in [2.45, 2.75) is 31.3 Å². The van der Waals surface area contributed by atoms with Crippen LogP contribution in [0.15, 0.2) is 75.6 Å². The molecule has 7 nitrogen and oxygen atoms in total. The van der Waals surface area contributed by atoms with Gasteiger partial charge in [-0.2, -0.15) is 4.72 Å². The first-order valence-corrected chi connectivity index (χ1v) is 12.5. The molecule has 0 aliphatic carbocycles. The Morgan fingerprint density at radius 1 is 1.09 bits per heavy atom. The molecule has 0 spiro atoms. The largest absolute Gasteiger partial charge is 0.443 e. The zero-order valence-electron chi connectivity index (χ0n) is 17.6. The molecule has 1 amide bonds. The van der Waals surface area contributed by atoms with Crippen LogP contribution in [-0.2, 0) is 21.4 Å². The van der Waals surface area contributed by atoms with Gasteiger partial charge in [0.05, 0.1) is 22.0 Å². The topological polar surface area (TPSA) is 101 Å². The number of carbonyl (C=O) groups excluding carboxylic acids is 1. The maximum absolute atomic E-state index is 13.0. The van der Waals surface area contributed by atoms with Crippen molar-refractivity contribution < 1.29 is 17.6 Å².